The molecule has 0 aliphatic carbocycles. The molecule has 0 radical (unpaired) electrons. The van der Waals surface area contributed by atoms with E-state index in [2.05, 4.69) is 5.32 Å². The van der Waals surface area contributed by atoms with Crippen LogP contribution in [0.5, 0.6) is 0 Å². The van der Waals surface area contributed by atoms with Crippen LogP contribution in [0.15, 0.2) is 53.4 Å². The van der Waals surface area contributed by atoms with Crippen molar-refractivity contribution in [1.29, 1.82) is 0 Å². The molecule has 1 N–H and O–H groups in total. The number of halogens is 1. The molecule has 1 amide bonds. The van der Waals surface area contributed by atoms with E-state index in [9.17, 15) is 13.2 Å². The zero-order chi connectivity index (χ0) is 17.7. The first-order valence-electron chi connectivity index (χ1n) is 7.73. The molecular formula is C18H20ClNO3S. The normalized spacial score (nSPS) is 12.6. The molecule has 2 rings (SSSR count). The van der Waals surface area contributed by atoms with Gasteiger partial charge >= 0.3 is 0 Å². The lowest BCUT2D eigenvalue weighted by Gasteiger charge is -2.16. The summed E-state index contributed by atoms with van der Waals surface area (Å²) in [5, 5.41) is 3.42. The number of benzene rings is 2. The number of carbonyl (C=O) groups is 1. The summed E-state index contributed by atoms with van der Waals surface area (Å²) in [4.78, 5) is 12.6. The van der Waals surface area contributed by atoms with Gasteiger partial charge in [-0.1, -0.05) is 42.8 Å². The molecule has 0 saturated heterocycles. The van der Waals surface area contributed by atoms with Gasteiger partial charge < -0.3 is 5.32 Å². The maximum Gasteiger partial charge on any atom is 0.253 e. The summed E-state index contributed by atoms with van der Waals surface area (Å²) < 4.78 is 24.7. The first kappa shape index (κ1) is 18.5. The number of hydrogen-bond donors (Lipinski definition) is 1. The molecule has 0 bridgehead atoms. The van der Waals surface area contributed by atoms with Crippen molar-refractivity contribution in [2.75, 3.05) is 5.75 Å². The SMILES string of the molecule is CCCS(=O)(=O)c1ccccc1C(=O)NC(C)c1cccc(Cl)c1. The smallest absolute Gasteiger partial charge is 0.253 e. The number of amides is 1. The highest BCUT2D eigenvalue weighted by molar-refractivity contribution is 7.91. The molecule has 0 saturated carbocycles. The number of carbonyl (C=O) groups excluding carboxylic acids is 1. The van der Waals surface area contributed by atoms with E-state index in [0.717, 1.165) is 5.56 Å². The van der Waals surface area contributed by atoms with E-state index in [0.29, 0.717) is 11.4 Å². The van der Waals surface area contributed by atoms with Crippen molar-refractivity contribution in [2.24, 2.45) is 0 Å². The molecule has 1 unspecified atom stereocenters. The van der Waals surface area contributed by atoms with Gasteiger partial charge in [0.1, 0.15) is 0 Å². The molecule has 6 heteroatoms. The summed E-state index contributed by atoms with van der Waals surface area (Å²) in [7, 11) is -3.48. The zero-order valence-corrected chi connectivity index (χ0v) is 15.2. The van der Waals surface area contributed by atoms with Crippen LogP contribution in [0.2, 0.25) is 5.02 Å². The Kier molecular flexibility index (Phi) is 6.02. The van der Waals surface area contributed by atoms with Crippen LogP contribution < -0.4 is 5.32 Å². The molecular weight excluding hydrogens is 346 g/mol. The first-order chi connectivity index (χ1) is 11.3. The topological polar surface area (TPSA) is 63.2 Å². The maximum atomic E-state index is 12.6. The van der Waals surface area contributed by atoms with Crippen LogP contribution in [0.25, 0.3) is 0 Å². The average Bonchev–Trinajstić information content (AvgIpc) is 2.54. The Morgan fingerprint density at radius 2 is 1.88 bits per heavy atom. The van der Waals surface area contributed by atoms with E-state index >= 15 is 0 Å². The number of nitrogens with one attached hydrogen (secondary N) is 1. The summed E-state index contributed by atoms with van der Waals surface area (Å²) in [6.07, 6.45) is 0.497. The molecule has 0 aliphatic heterocycles. The third-order valence-corrected chi connectivity index (χ3v) is 5.84. The second kappa shape index (κ2) is 7.81. The second-order valence-electron chi connectivity index (χ2n) is 5.57. The van der Waals surface area contributed by atoms with E-state index in [1.807, 2.05) is 13.0 Å². The summed E-state index contributed by atoms with van der Waals surface area (Å²) >= 11 is 5.97. The predicted octanol–water partition coefficient (Wildman–Crippen LogP) is 4.01. The minimum atomic E-state index is -3.48. The molecule has 2 aromatic carbocycles. The maximum absolute atomic E-state index is 12.6. The van der Waals surface area contributed by atoms with Crippen molar-refractivity contribution < 1.29 is 13.2 Å². The fourth-order valence-corrected chi connectivity index (χ4v) is 4.18. The van der Waals surface area contributed by atoms with Crippen molar-refractivity contribution in [3.8, 4) is 0 Å². The van der Waals surface area contributed by atoms with Gasteiger partial charge in [0.2, 0.25) is 0 Å². The third-order valence-electron chi connectivity index (χ3n) is 3.64. The Morgan fingerprint density at radius 1 is 1.17 bits per heavy atom. The average molecular weight is 366 g/mol. The Hall–Kier alpha value is -1.85. The van der Waals surface area contributed by atoms with Gasteiger partial charge in [0, 0.05) is 5.02 Å². The van der Waals surface area contributed by atoms with Crippen molar-refractivity contribution >= 4 is 27.3 Å². The van der Waals surface area contributed by atoms with Crippen LogP contribution in [-0.2, 0) is 9.84 Å². The van der Waals surface area contributed by atoms with Gasteiger partial charge in [0.05, 0.1) is 22.3 Å². The van der Waals surface area contributed by atoms with Gasteiger partial charge in [-0.3, -0.25) is 4.79 Å². The second-order valence-corrected chi connectivity index (χ2v) is 8.08. The summed E-state index contributed by atoms with van der Waals surface area (Å²) in [5.74, 6) is -0.404. The van der Waals surface area contributed by atoms with Crippen molar-refractivity contribution in [3.05, 3.63) is 64.7 Å². The lowest BCUT2D eigenvalue weighted by molar-refractivity contribution is 0.0936. The van der Waals surface area contributed by atoms with Gasteiger partial charge in [-0.25, -0.2) is 8.42 Å². The fraction of sp³-hybridized carbons (Fsp3) is 0.278. The van der Waals surface area contributed by atoms with Crippen LogP contribution in [0.1, 0.15) is 42.2 Å². The van der Waals surface area contributed by atoms with Gasteiger partial charge in [-0.05, 0) is 43.2 Å². The van der Waals surface area contributed by atoms with E-state index in [4.69, 9.17) is 11.6 Å². The molecule has 0 spiro atoms. The Morgan fingerprint density at radius 3 is 2.54 bits per heavy atom. The standard InChI is InChI=1S/C18H20ClNO3S/c1-3-11-24(22,23)17-10-5-4-9-16(17)18(21)20-13(2)14-7-6-8-15(19)12-14/h4-10,12-13H,3,11H2,1-2H3,(H,20,21). The summed E-state index contributed by atoms with van der Waals surface area (Å²) in [5.41, 5.74) is 1.02. The van der Waals surface area contributed by atoms with Crippen LogP contribution in [0.3, 0.4) is 0 Å². The Labute approximate surface area is 147 Å². The quantitative estimate of drug-likeness (QED) is 0.841. The van der Waals surface area contributed by atoms with Crippen molar-refractivity contribution in [2.45, 2.75) is 31.2 Å². The highest BCUT2D eigenvalue weighted by atomic mass is 35.5. The molecule has 4 nitrogen and oxygen atoms in total. The lowest BCUT2D eigenvalue weighted by atomic mass is 10.1. The van der Waals surface area contributed by atoms with Crippen LogP contribution in [-0.4, -0.2) is 20.1 Å². The molecule has 1 atom stereocenters. The number of rotatable bonds is 6. The van der Waals surface area contributed by atoms with Crippen LogP contribution in [0, 0.1) is 0 Å². The number of hydrogen-bond acceptors (Lipinski definition) is 3. The Balaban J connectivity index is 2.28. The highest BCUT2D eigenvalue weighted by Gasteiger charge is 2.22. The molecule has 128 valence electrons. The van der Waals surface area contributed by atoms with Crippen LogP contribution >= 0.6 is 11.6 Å². The monoisotopic (exact) mass is 365 g/mol. The molecule has 2 aromatic rings. The van der Waals surface area contributed by atoms with Crippen molar-refractivity contribution in [1.82, 2.24) is 5.32 Å². The predicted molar refractivity (Wildman–Crippen MR) is 96.1 cm³/mol. The largest absolute Gasteiger partial charge is 0.345 e. The van der Waals surface area contributed by atoms with Gasteiger partial charge in [-0.15, -0.1) is 0 Å². The van der Waals surface area contributed by atoms with Gasteiger partial charge in [-0.2, -0.15) is 0 Å². The lowest BCUT2D eigenvalue weighted by Crippen LogP contribution is -2.28. The summed E-state index contributed by atoms with van der Waals surface area (Å²) in [6.45, 7) is 3.62. The van der Waals surface area contributed by atoms with E-state index in [-0.39, 0.29) is 22.3 Å². The molecule has 0 heterocycles. The van der Waals surface area contributed by atoms with E-state index in [1.165, 1.54) is 12.1 Å². The molecule has 0 aromatic heterocycles. The minimum Gasteiger partial charge on any atom is -0.345 e. The molecule has 0 fully saturated rings. The highest BCUT2D eigenvalue weighted by Crippen LogP contribution is 2.21. The minimum absolute atomic E-state index is 0.0150. The summed E-state index contributed by atoms with van der Waals surface area (Å²) in [6, 6.07) is 13.2. The Bertz CT molecular complexity index is 834. The van der Waals surface area contributed by atoms with Crippen LogP contribution in [0.4, 0.5) is 0 Å². The fourth-order valence-electron chi connectivity index (χ4n) is 2.44. The van der Waals surface area contributed by atoms with E-state index < -0.39 is 15.7 Å². The molecule has 0 aliphatic rings. The first-order valence-corrected chi connectivity index (χ1v) is 9.76. The van der Waals surface area contributed by atoms with Crippen molar-refractivity contribution in [3.63, 3.8) is 0 Å². The van der Waals surface area contributed by atoms with Gasteiger partial charge in [0.15, 0.2) is 9.84 Å². The zero-order valence-electron chi connectivity index (χ0n) is 13.6. The molecule has 24 heavy (non-hydrogen) atoms. The van der Waals surface area contributed by atoms with Gasteiger partial charge in [0.25, 0.3) is 5.91 Å². The number of sulfone groups is 1. The van der Waals surface area contributed by atoms with E-state index in [1.54, 1.807) is 37.3 Å². The third kappa shape index (κ3) is 4.36.